The van der Waals surface area contributed by atoms with Crippen LogP contribution in [0.2, 0.25) is 0 Å². The second kappa shape index (κ2) is 9.18. The molecular formula is C25H25N5O4. The molecule has 1 amide bonds. The molecule has 34 heavy (non-hydrogen) atoms. The highest BCUT2D eigenvalue weighted by Crippen LogP contribution is 2.20. The maximum absolute atomic E-state index is 13.9. The number of aryl methyl sites for hydroxylation is 1. The molecule has 1 aliphatic rings. The van der Waals surface area contributed by atoms with Gasteiger partial charge in [-0.15, -0.1) is 0 Å². The van der Waals surface area contributed by atoms with Gasteiger partial charge >= 0.3 is 0 Å². The number of hydrogen-bond acceptors (Lipinski definition) is 6. The predicted molar refractivity (Wildman–Crippen MR) is 128 cm³/mol. The van der Waals surface area contributed by atoms with Crippen molar-refractivity contribution in [2.45, 2.75) is 39.0 Å². The van der Waals surface area contributed by atoms with Crippen molar-refractivity contribution in [2.24, 2.45) is 0 Å². The smallest absolute Gasteiger partial charge is 0.275 e. The van der Waals surface area contributed by atoms with Gasteiger partial charge in [-0.2, -0.15) is 5.10 Å². The van der Waals surface area contributed by atoms with Gasteiger partial charge in [0.05, 0.1) is 28.9 Å². The summed E-state index contributed by atoms with van der Waals surface area (Å²) in [4.78, 5) is 48.2. The summed E-state index contributed by atoms with van der Waals surface area (Å²) in [5, 5.41) is 5.84. The molecule has 9 nitrogen and oxygen atoms in total. The quantitative estimate of drug-likeness (QED) is 0.474. The van der Waals surface area contributed by atoms with Crippen molar-refractivity contribution in [2.75, 3.05) is 13.2 Å². The Hall–Kier alpha value is -3.85. The summed E-state index contributed by atoms with van der Waals surface area (Å²) < 4.78 is 7.09. The summed E-state index contributed by atoms with van der Waals surface area (Å²) in [5.74, 6) is 0.0351. The van der Waals surface area contributed by atoms with Crippen molar-refractivity contribution in [3.8, 4) is 0 Å². The number of rotatable bonds is 6. The summed E-state index contributed by atoms with van der Waals surface area (Å²) in [5.41, 5.74) is 0.265. The van der Waals surface area contributed by atoms with Gasteiger partial charge in [-0.1, -0.05) is 30.3 Å². The Morgan fingerprint density at radius 2 is 1.85 bits per heavy atom. The van der Waals surface area contributed by atoms with Crippen molar-refractivity contribution in [3.05, 3.63) is 80.8 Å². The maximum atomic E-state index is 13.9. The van der Waals surface area contributed by atoms with Crippen LogP contribution in [0.5, 0.6) is 0 Å². The number of amides is 1. The molecule has 1 atom stereocenters. The van der Waals surface area contributed by atoms with E-state index in [0.717, 1.165) is 12.8 Å². The van der Waals surface area contributed by atoms with Gasteiger partial charge < -0.3 is 14.6 Å². The van der Waals surface area contributed by atoms with E-state index in [-0.39, 0.29) is 35.4 Å². The summed E-state index contributed by atoms with van der Waals surface area (Å²) in [7, 11) is 0. The summed E-state index contributed by atoms with van der Waals surface area (Å²) in [6.07, 6.45) is 1.66. The lowest BCUT2D eigenvalue weighted by molar-refractivity contribution is 0.0496. The van der Waals surface area contributed by atoms with Crippen molar-refractivity contribution >= 4 is 27.6 Å². The molecular weight excluding hydrogens is 434 g/mol. The number of para-hydroxylation sites is 1. The molecule has 0 radical (unpaired) electrons. The number of fused-ring (bicyclic) bond motifs is 2. The number of nitrogens with zero attached hydrogens (tertiary/aromatic N) is 4. The number of benzene rings is 2. The molecule has 0 bridgehead atoms. The minimum atomic E-state index is -0.343. The third-order valence-electron chi connectivity index (χ3n) is 6.11. The molecule has 1 N–H and O–H groups in total. The lowest BCUT2D eigenvalue weighted by Gasteiger charge is -2.25. The zero-order valence-electron chi connectivity index (χ0n) is 18.9. The molecule has 0 unspecified atom stereocenters. The SMILES string of the molecule is CCn1nc(C(=O)N(Cc2nc3ccccc3c(=O)[nH]2)C[C@@H]2CCCO2)c2ccccc2c1=O. The minimum Gasteiger partial charge on any atom is -0.376 e. The largest absolute Gasteiger partial charge is 0.376 e. The van der Waals surface area contributed by atoms with Crippen LogP contribution in [0, 0.1) is 0 Å². The Labute approximate surface area is 195 Å². The monoisotopic (exact) mass is 459 g/mol. The normalized spacial score (nSPS) is 15.7. The van der Waals surface area contributed by atoms with E-state index in [4.69, 9.17) is 4.74 Å². The van der Waals surface area contributed by atoms with Gasteiger partial charge in [0, 0.05) is 25.1 Å². The van der Waals surface area contributed by atoms with Crippen molar-refractivity contribution in [1.29, 1.82) is 0 Å². The average Bonchev–Trinajstić information content (AvgIpc) is 3.37. The number of aromatic amines is 1. The highest BCUT2D eigenvalue weighted by atomic mass is 16.5. The molecule has 4 aromatic rings. The van der Waals surface area contributed by atoms with Gasteiger partial charge in [0.1, 0.15) is 5.82 Å². The lowest BCUT2D eigenvalue weighted by Crippen LogP contribution is -2.39. The molecule has 2 aromatic carbocycles. The second-order valence-corrected chi connectivity index (χ2v) is 8.37. The van der Waals surface area contributed by atoms with Gasteiger partial charge in [0.15, 0.2) is 5.69 Å². The van der Waals surface area contributed by atoms with Crippen LogP contribution >= 0.6 is 0 Å². The summed E-state index contributed by atoms with van der Waals surface area (Å²) in [6.45, 7) is 3.22. The Balaban J connectivity index is 1.58. The first-order valence-corrected chi connectivity index (χ1v) is 11.4. The second-order valence-electron chi connectivity index (χ2n) is 8.37. The zero-order chi connectivity index (χ0) is 23.7. The topological polar surface area (TPSA) is 110 Å². The lowest BCUT2D eigenvalue weighted by atomic mass is 10.1. The minimum absolute atomic E-state index is 0.0834. The Morgan fingerprint density at radius 3 is 2.59 bits per heavy atom. The third kappa shape index (κ3) is 4.10. The van der Waals surface area contributed by atoms with Crippen molar-refractivity contribution in [3.63, 3.8) is 0 Å². The van der Waals surface area contributed by atoms with E-state index in [1.54, 1.807) is 47.4 Å². The van der Waals surface area contributed by atoms with Crippen molar-refractivity contribution in [1.82, 2.24) is 24.6 Å². The number of aromatic nitrogens is 4. The molecule has 3 heterocycles. The molecule has 0 aliphatic carbocycles. The standard InChI is InChI=1S/C25H25N5O4/c1-2-30-24(32)18-10-4-3-9-17(18)22(28-30)25(33)29(14-16-8-7-13-34-16)15-21-26-20-12-6-5-11-19(20)23(31)27-21/h3-6,9-12,16H,2,7-8,13-15H2,1H3,(H,26,27,31)/t16-/m0/s1. The van der Waals surface area contributed by atoms with Gasteiger partial charge in [0.2, 0.25) is 0 Å². The van der Waals surface area contributed by atoms with Crippen LogP contribution in [0.3, 0.4) is 0 Å². The maximum Gasteiger partial charge on any atom is 0.275 e. The molecule has 1 saturated heterocycles. The summed E-state index contributed by atoms with van der Waals surface area (Å²) in [6, 6.07) is 14.1. The number of H-pyrrole nitrogens is 1. The summed E-state index contributed by atoms with van der Waals surface area (Å²) >= 11 is 0. The predicted octanol–water partition coefficient (Wildman–Crippen LogP) is 2.47. The van der Waals surface area contributed by atoms with E-state index in [0.29, 0.717) is 47.2 Å². The first kappa shape index (κ1) is 22.0. The Bertz CT molecular complexity index is 1490. The van der Waals surface area contributed by atoms with Gasteiger partial charge in [0.25, 0.3) is 17.0 Å². The van der Waals surface area contributed by atoms with Gasteiger partial charge in [-0.25, -0.2) is 9.67 Å². The fourth-order valence-corrected chi connectivity index (χ4v) is 4.40. The van der Waals surface area contributed by atoms with E-state index in [2.05, 4.69) is 15.1 Å². The van der Waals surface area contributed by atoms with Gasteiger partial charge in [-0.05, 0) is 38.0 Å². The van der Waals surface area contributed by atoms with Crippen LogP contribution in [0.15, 0.2) is 58.1 Å². The average molecular weight is 460 g/mol. The fourth-order valence-electron chi connectivity index (χ4n) is 4.40. The Kier molecular flexibility index (Phi) is 5.93. The van der Waals surface area contributed by atoms with E-state index in [1.807, 2.05) is 13.0 Å². The van der Waals surface area contributed by atoms with Crippen LogP contribution in [0.25, 0.3) is 21.7 Å². The molecule has 1 fully saturated rings. The van der Waals surface area contributed by atoms with Crippen LogP contribution in [-0.2, 0) is 17.8 Å². The van der Waals surface area contributed by atoms with Crippen molar-refractivity contribution < 1.29 is 9.53 Å². The number of ether oxygens (including phenoxy) is 1. The highest BCUT2D eigenvalue weighted by molar-refractivity contribution is 6.04. The van der Waals surface area contributed by atoms with E-state index in [1.165, 1.54) is 4.68 Å². The number of carbonyl (C=O) groups excluding carboxylic acids is 1. The number of nitrogens with one attached hydrogen (secondary N) is 1. The molecule has 9 heteroatoms. The van der Waals surface area contributed by atoms with Gasteiger partial charge in [-0.3, -0.25) is 14.4 Å². The van der Waals surface area contributed by atoms with Crippen LogP contribution in [0.1, 0.15) is 36.1 Å². The first-order valence-electron chi connectivity index (χ1n) is 11.4. The number of carbonyl (C=O) groups is 1. The molecule has 2 aromatic heterocycles. The molecule has 174 valence electrons. The molecule has 0 saturated carbocycles. The highest BCUT2D eigenvalue weighted by Gasteiger charge is 2.27. The zero-order valence-corrected chi connectivity index (χ0v) is 18.9. The Morgan fingerprint density at radius 1 is 1.12 bits per heavy atom. The van der Waals surface area contributed by atoms with E-state index in [9.17, 15) is 14.4 Å². The molecule has 5 rings (SSSR count). The van der Waals surface area contributed by atoms with E-state index >= 15 is 0 Å². The molecule has 0 spiro atoms. The first-order chi connectivity index (χ1) is 16.5. The van der Waals surface area contributed by atoms with E-state index < -0.39 is 0 Å². The molecule has 1 aliphatic heterocycles. The fraction of sp³-hybridized carbons (Fsp3) is 0.320. The van der Waals surface area contributed by atoms with Crippen LogP contribution < -0.4 is 11.1 Å². The van der Waals surface area contributed by atoms with Crippen LogP contribution in [0.4, 0.5) is 0 Å². The van der Waals surface area contributed by atoms with Crippen LogP contribution in [-0.4, -0.2) is 49.8 Å². The third-order valence-corrected chi connectivity index (χ3v) is 6.11. The number of hydrogen-bond donors (Lipinski definition) is 1.